The molecule has 0 aromatic carbocycles. The number of rotatable bonds is 3. The fourth-order valence-electron chi connectivity index (χ4n) is 4.89. The van der Waals surface area contributed by atoms with E-state index in [0.29, 0.717) is 6.10 Å². The van der Waals surface area contributed by atoms with Crippen LogP contribution < -0.4 is 0 Å². The summed E-state index contributed by atoms with van der Waals surface area (Å²) < 4.78 is 11.8. The zero-order valence-corrected chi connectivity index (χ0v) is 17.3. The molecule has 1 amide bonds. The third-order valence-corrected chi connectivity index (χ3v) is 6.70. The number of aryl methyl sites for hydroxylation is 1. The Labute approximate surface area is 163 Å². The van der Waals surface area contributed by atoms with Gasteiger partial charge in [0.25, 0.3) is 5.91 Å². The second kappa shape index (κ2) is 6.93. The molecule has 2 atom stereocenters. The number of amides is 1. The average molecular weight is 375 g/mol. The maximum atomic E-state index is 13.3. The van der Waals surface area contributed by atoms with Crippen LogP contribution >= 0.6 is 0 Å². The van der Waals surface area contributed by atoms with Crippen LogP contribution in [-0.4, -0.2) is 60.1 Å². The Kier molecular flexibility index (Phi) is 4.88. The number of carbonyl (C=O) groups excluding carboxylic acids is 1. The third kappa shape index (κ3) is 3.56. The molecule has 4 heterocycles. The van der Waals surface area contributed by atoms with Gasteiger partial charge in [-0.05, 0) is 45.1 Å². The van der Waals surface area contributed by atoms with E-state index in [9.17, 15) is 4.79 Å². The molecule has 0 saturated carbocycles. The Morgan fingerprint density at radius 3 is 2.67 bits per heavy atom. The van der Waals surface area contributed by atoms with Crippen molar-refractivity contribution in [1.82, 2.24) is 9.80 Å². The molecular formula is C22H34N2O3. The first-order valence-corrected chi connectivity index (χ1v) is 10.6. The first-order chi connectivity index (χ1) is 12.8. The van der Waals surface area contributed by atoms with Crippen molar-refractivity contribution in [2.75, 3.05) is 32.8 Å². The molecule has 0 radical (unpaired) electrons. The van der Waals surface area contributed by atoms with Gasteiger partial charge in [0, 0.05) is 43.7 Å². The van der Waals surface area contributed by atoms with E-state index in [0.717, 1.165) is 56.3 Å². The summed E-state index contributed by atoms with van der Waals surface area (Å²) in [5.74, 6) is 1.77. The van der Waals surface area contributed by atoms with E-state index in [-0.39, 0.29) is 16.9 Å². The molecule has 5 heteroatoms. The number of piperidine rings is 1. The van der Waals surface area contributed by atoms with Gasteiger partial charge in [-0.1, -0.05) is 20.8 Å². The highest BCUT2D eigenvalue weighted by molar-refractivity contribution is 5.95. The first-order valence-electron chi connectivity index (χ1n) is 10.6. The van der Waals surface area contributed by atoms with Gasteiger partial charge in [0.2, 0.25) is 0 Å². The summed E-state index contributed by atoms with van der Waals surface area (Å²) in [5.41, 5.74) is 0.824. The fourth-order valence-corrected chi connectivity index (χ4v) is 4.89. The van der Waals surface area contributed by atoms with Crippen molar-refractivity contribution in [3.8, 4) is 0 Å². The number of furan rings is 1. The average Bonchev–Trinajstić information content (AvgIpc) is 3.27. The van der Waals surface area contributed by atoms with Crippen LogP contribution in [0.25, 0.3) is 0 Å². The van der Waals surface area contributed by atoms with Crippen LogP contribution in [0.1, 0.15) is 74.8 Å². The van der Waals surface area contributed by atoms with Gasteiger partial charge in [-0.3, -0.25) is 9.69 Å². The molecule has 1 aromatic rings. The lowest BCUT2D eigenvalue weighted by Gasteiger charge is -2.57. The van der Waals surface area contributed by atoms with Gasteiger partial charge in [0.05, 0.1) is 11.7 Å². The van der Waals surface area contributed by atoms with Gasteiger partial charge in [0.15, 0.2) is 0 Å². The number of ether oxygens (including phenoxy) is 1. The smallest absolute Gasteiger partial charge is 0.257 e. The molecule has 4 rings (SSSR count). The lowest BCUT2D eigenvalue weighted by Crippen LogP contribution is -2.68. The summed E-state index contributed by atoms with van der Waals surface area (Å²) in [6, 6.07) is 1.96. The van der Waals surface area contributed by atoms with E-state index in [1.54, 1.807) is 0 Å². The van der Waals surface area contributed by atoms with Crippen LogP contribution in [0.2, 0.25) is 0 Å². The number of hydrogen-bond acceptors (Lipinski definition) is 4. The summed E-state index contributed by atoms with van der Waals surface area (Å²) >= 11 is 0. The number of hydrogen-bond donors (Lipinski definition) is 0. The SMILES string of the molecule is Cc1oc(C(C)(C)C)cc1C(=O)N1CCCC2(CCN2CC2CCCO2)C1. The minimum absolute atomic E-state index is 0.0849. The van der Waals surface area contributed by atoms with Gasteiger partial charge in [-0.25, -0.2) is 0 Å². The van der Waals surface area contributed by atoms with Gasteiger partial charge in [0.1, 0.15) is 11.5 Å². The van der Waals surface area contributed by atoms with Crippen molar-refractivity contribution >= 4 is 5.91 Å². The molecule has 3 aliphatic rings. The number of carbonyl (C=O) groups is 1. The molecule has 3 fully saturated rings. The first kappa shape index (κ1) is 19.0. The van der Waals surface area contributed by atoms with E-state index in [4.69, 9.17) is 9.15 Å². The maximum Gasteiger partial charge on any atom is 0.257 e. The van der Waals surface area contributed by atoms with Gasteiger partial charge in [-0.2, -0.15) is 0 Å². The van der Waals surface area contributed by atoms with Gasteiger partial charge >= 0.3 is 0 Å². The Balaban J connectivity index is 1.46. The van der Waals surface area contributed by atoms with Gasteiger partial charge in [-0.15, -0.1) is 0 Å². The summed E-state index contributed by atoms with van der Waals surface area (Å²) in [6.07, 6.45) is 6.23. The summed E-state index contributed by atoms with van der Waals surface area (Å²) in [4.78, 5) is 17.9. The minimum Gasteiger partial charge on any atom is -0.465 e. The standard InChI is InChI=1S/C22H34N2O3/c1-16-18(13-19(27-16)21(2,3)4)20(25)23-10-6-8-22(15-23)9-11-24(22)14-17-7-5-12-26-17/h13,17H,5-12,14-15H2,1-4H3. The molecule has 0 aliphatic carbocycles. The number of likely N-dealkylation sites (tertiary alicyclic amines) is 2. The molecule has 150 valence electrons. The normalized spacial score (nSPS) is 29.3. The van der Waals surface area contributed by atoms with Crippen molar-refractivity contribution in [2.45, 2.75) is 76.9 Å². The van der Waals surface area contributed by atoms with Crippen LogP contribution in [0, 0.1) is 6.92 Å². The maximum absolute atomic E-state index is 13.3. The zero-order chi connectivity index (χ0) is 19.2. The van der Waals surface area contributed by atoms with E-state index in [1.165, 1.54) is 25.7 Å². The number of nitrogens with zero attached hydrogens (tertiary/aromatic N) is 2. The lowest BCUT2D eigenvalue weighted by atomic mass is 9.77. The molecule has 3 aliphatic heterocycles. The van der Waals surface area contributed by atoms with E-state index < -0.39 is 0 Å². The van der Waals surface area contributed by atoms with Crippen LogP contribution in [0.15, 0.2) is 10.5 Å². The highest BCUT2D eigenvalue weighted by atomic mass is 16.5. The van der Waals surface area contributed by atoms with Crippen molar-refractivity contribution in [3.05, 3.63) is 23.2 Å². The van der Waals surface area contributed by atoms with E-state index in [2.05, 4.69) is 30.6 Å². The van der Waals surface area contributed by atoms with Crippen LogP contribution in [0.3, 0.4) is 0 Å². The molecule has 0 N–H and O–H groups in total. The Hall–Kier alpha value is -1.33. The second-order valence-electron chi connectivity index (χ2n) is 9.72. The lowest BCUT2D eigenvalue weighted by molar-refractivity contribution is -0.0807. The largest absolute Gasteiger partial charge is 0.465 e. The molecule has 5 nitrogen and oxygen atoms in total. The molecule has 0 bridgehead atoms. The molecule has 1 spiro atoms. The predicted molar refractivity (Wildman–Crippen MR) is 105 cm³/mol. The monoisotopic (exact) mass is 374 g/mol. The van der Waals surface area contributed by atoms with E-state index in [1.807, 2.05) is 13.0 Å². The summed E-state index contributed by atoms with van der Waals surface area (Å²) in [5, 5.41) is 0. The Morgan fingerprint density at radius 1 is 1.26 bits per heavy atom. The van der Waals surface area contributed by atoms with Crippen LogP contribution in [-0.2, 0) is 10.2 Å². The second-order valence-corrected chi connectivity index (χ2v) is 9.72. The van der Waals surface area contributed by atoms with E-state index >= 15 is 0 Å². The minimum atomic E-state index is -0.0849. The molecular weight excluding hydrogens is 340 g/mol. The highest BCUT2D eigenvalue weighted by Crippen LogP contribution is 2.40. The molecule has 27 heavy (non-hydrogen) atoms. The Bertz CT molecular complexity index is 699. The highest BCUT2D eigenvalue weighted by Gasteiger charge is 2.49. The molecule has 2 unspecified atom stereocenters. The van der Waals surface area contributed by atoms with Gasteiger partial charge < -0.3 is 14.1 Å². The summed E-state index contributed by atoms with van der Waals surface area (Å²) in [6.45, 7) is 13.0. The Morgan fingerprint density at radius 2 is 2.07 bits per heavy atom. The van der Waals surface area contributed by atoms with Crippen LogP contribution in [0.4, 0.5) is 0 Å². The van der Waals surface area contributed by atoms with Crippen LogP contribution in [0.5, 0.6) is 0 Å². The third-order valence-electron chi connectivity index (χ3n) is 6.70. The predicted octanol–water partition coefficient (Wildman–Crippen LogP) is 3.75. The molecule has 1 aromatic heterocycles. The molecule has 3 saturated heterocycles. The zero-order valence-electron chi connectivity index (χ0n) is 17.3. The quantitative estimate of drug-likeness (QED) is 0.808. The van der Waals surface area contributed by atoms with Crippen molar-refractivity contribution in [3.63, 3.8) is 0 Å². The van der Waals surface area contributed by atoms with Crippen molar-refractivity contribution in [1.29, 1.82) is 0 Å². The fraction of sp³-hybridized carbons (Fsp3) is 0.773. The topological polar surface area (TPSA) is 45.9 Å². The van der Waals surface area contributed by atoms with Crippen molar-refractivity contribution in [2.24, 2.45) is 0 Å². The summed E-state index contributed by atoms with van der Waals surface area (Å²) in [7, 11) is 0. The van der Waals surface area contributed by atoms with Crippen molar-refractivity contribution < 1.29 is 13.9 Å².